The minimum absolute atomic E-state index is 0.152. The third-order valence-corrected chi connectivity index (χ3v) is 3.71. The van der Waals surface area contributed by atoms with Gasteiger partial charge in [-0.2, -0.15) is 9.49 Å². The Kier molecular flexibility index (Phi) is 3.53. The Balaban J connectivity index is 2.16. The van der Waals surface area contributed by atoms with Gasteiger partial charge in [-0.15, -0.1) is 0 Å². The van der Waals surface area contributed by atoms with Crippen LogP contribution in [0.5, 0.6) is 0 Å². The highest BCUT2D eigenvalue weighted by atomic mass is 79.9. The van der Waals surface area contributed by atoms with E-state index in [4.69, 9.17) is 5.73 Å². The number of benzene rings is 1. The van der Waals surface area contributed by atoms with E-state index < -0.39 is 5.95 Å². The second-order valence-electron chi connectivity index (χ2n) is 4.73. The Morgan fingerprint density at radius 1 is 1.32 bits per heavy atom. The lowest BCUT2D eigenvalue weighted by Gasteiger charge is -2.07. The summed E-state index contributed by atoms with van der Waals surface area (Å²) in [6, 6.07) is 6.49. The van der Waals surface area contributed by atoms with Gasteiger partial charge in [0, 0.05) is 22.8 Å². The molecule has 0 atom stereocenters. The topological polar surface area (TPSA) is 96.7 Å². The van der Waals surface area contributed by atoms with Gasteiger partial charge in [0.2, 0.25) is 11.9 Å². The number of aromatic nitrogens is 3. The van der Waals surface area contributed by atoms with Crippen LogP contribution in [0, 0.1) is 5.95 Å². The number of aromatic amines is 1. The van der Waals surface area contributed by atoms with Gasteiger partial charge in [0.25, 0.3) is 0 Å². The van der Waals surface area contributed by atoms with Crippen molar-refractivity contribution in [3.8, 4) is 11.1 Å². The van der Waals surface area contributed by atoms with Gasteiger partial charge in [-0.25, -0.2) is 4.98 Å². The maximum Gasteiger partial charge on any atom is 0.222 e. The van der Waals surface area contributed by atoms with Crippen LogP contribution in [0.3, 0.4) is 0 Å². The zero-order chi connectivity index (χ0) is 15.9. The van der Waals surface area contributed by atoms with Crippen LogP contribution in [0.1, 0.15) is 6.92 Å². The SMILES string of the molecule is CC(=O)Nc1cc(-c2cc(Br)c3[nH]nc(N)c3c2)cc(F)n1. The Hall–Kier alpha value is -2.48. The number of nitrogen functional groups attached to an aromatic ring is 1. The van der Waals surface area contributed by atoms with Crippen molar-refractivity contribution >= 4 is 44.4 Å². The Morgan fingerprint density at radius 2 is 2.05 bits per heavy atom. The fourth-order valence-corrected chi connectivity index (χ4v) is 2.72. The lowest BCUT2D eigenvalue weighted by Crippen LogP contribution is -2.08. The summed E-state index contributed by atoms with van der Waals surface area (Å²) in [5.41, 5.74) is 7.86. The van der Waals surface area contributed by atoms with Crippen molar-refractivity contribution in [2.75, 3.05) is 11.1 Å². The van der Waals surface area contributed by atoms with Crippen molar-refractivity contribution in [2.24, 2.45) is 0 Å². The molecule has 0 aliphatic carbocycles. The number of rotatable bonds is 2. The number of nitrogens with two attached hydrogens (primary N) is 1. The summed E-state index contributed by atoms with van der Waals surface area (Å²) in [6.45, 7) is 1.33. The van der Waals surface area contributed by atoms with Crippen LogP contribution in [0.4, 0.5) is 16.0 Å². The highest BCUT2D eigenvalue weighted by Crippen LogP contribution is 2.33. The Labute approximate surface area is 133 Å². The molecule has 0 saturated heterocycles. The number of anilines is 2. The average Bonchev–Trinajstić information content (AvgIpc) is 2.79. The quantitative estimate of drug-likeness (QED) is 0.609. The van der Waals surface area contributed by atoms with Crippen molar-refractivity contribution in [1.29, 1.82) is 0 Å². The molecule has 2 heterocycles. The Bertz CT molecular complexity index is 892. The summed E-state index contributed by atoms with van der Waals surface area (Å²) in [7, 11) is 0. The highest BCUT2D eigenvalue weighted by molar-refractivity contribution is 9.10. The first-order valence-electron chi connectivity index (χ1n) is 6.32. The van der Waals surface area contributed by atoms with Gasteiger partial charge in [-0.1, -0.05) is 0 Å². The molecule has 0 spiro atoms. The molecule has 1 amide bonds. The molecule has 3 aromatic rings. The second-order valence-corrected chi connectivity index (χ2v) is 5.59. The van der Waals surface area contributed by atoms with Gasteiger partial charge >= 0.3 is 0 Å². The van der Waals surface area contributed by atoms with E-state index in [1.165, 1.54) is 13.0 Å². The standard InChI is InChI=1S/C14H11BrFN5O/c1-6(22)18-12-5-8(4-11(16)19-12)7-2-9-13(10(15)3-7)20-21-14(9)17/h2-5H,1H3,(H3,17,20,21)(H,18,19,22). The lowest BCUT2D eigenvalue weighted by atomic mass is 10.0. The summed E-state index contributed by atoms with van der Waals surface area (Å²) in [5.74, 6) is -0.495. The summed E-state index contributed by atoms with van der Waals surface area (Å²) in [4.78, 5) is 14.7. The summed E-state index contributed by atoms with van der Waals surface area (Å²) in [6.07, 6.45) is 0. The fraction of sp³-hybridized carbons (Fsp3) is 0.0714. The minimum Gasteiger partial charge on any atom is -0.382 e. The smallest absolute Gasteiger partial charge is 0.222 e. The van der Waals surface area contributed by atoms with Crippen molar-refractivity contribution in [3.63, 3.8) is 0 Å². The molecule has 3 rings (SSSR count). The van der Waals surface area contributed by atoms with E-state index in [9.17, 15) is 9.18 Å². The number of fused-ring (bicyclic) bond motifs is 1. The van der Waals surface area contributed by atoms with Crippen LogP contribution >= 0.6 is 15.9 Å². The summed E-state index contributed by atoms with van der Waals surface area (Å²) in [5, 5.41) is 9.96. The molecule has 0 bridgehead atoms. The van der Waals surface area contributed by atoms with E-state index in [1.54, 1.807) is 12.1 Å². The minimum atomic E-state index is -0.683. The van der Waals surface area contributed by atoms with Crippen LogP contribution in [0.2, 0.25) is 0 Å². The molecule has 112 valence electrons. The Morgan fingerprint density at radius 3 is 2.77 bits per heavy atom. The molecule has 0 unspecified atom stereocenters. The van der Waals surface area contributed by atoms with Gasteiger partial charge in [0.05, 0.1) is 5.52 Å². The van der Waals surface area contributed by atoms with Crippen LogP contribution in [0.25, 0.3) is 22.0 Å². The van der Waals surface area contributed by atoms with Gasteiger partial charge < -0.3 is 11.1 Å². The van der Waals surface area contributed by atoms with Crippen LogP contribution < -0.4 is 11.1 Å². The van der Waals surface area contributed by atoms with Crippen LogP contribution in [-0.4, -0.2) is 21.1 Å². The predicted octanol–water partition coefficient (Wildman–Crippen LogP) is 3.07. The van der Waals surface area contributed by atoms with E-state index in [2.05, 4.69) is 36.4 Å². The van der Waals surface area contributed by atoms with Gasteiger partial charge in [0.1, 0.15) is 5.82 Å². The molecule has 0 aliphatic heterocycles. The van der Waals surface area contributed by atoms with E-state index in [-0.39, 0.29) is 11.7 Å². The maximum absolute atomic E-state index is 13.7. The first kappa shape index (κ1) is 14.5. The predicted molar refractivity (Wildman–Crippen MR) is 85.7 cm³/mol. The molecule has 0 radical (unpaired) electrons. The van der Waals surface area contributed by atoms with Gasteiger partial charge in [-0.05, 0) is 45.3 Å². The first-order chi connectivity index (χ1) is 10.4. The van der Waals surface area contributed by atoms with E-state index in [0.717, 1.165) is 20.9 Å². The number of hydrogen-bond acceptors (Lipinski definition) is 4. The molecule has 8 heteroatoms. The lowest BCUT2D eigenvalue weighted by molar-refractivity contribution is -0.114. The molecule has 22 heavy (non-hydrogen) atoms. The van der Waals surface area contributed by atoms with Crippen molar-refractivity contribution < 1.29 is 9.18 Å². The number of halogens is 2. The number of hydrogen-bond donors (Lipinski definition) is 3. The van der Waals surface area contributed by atoms with Crippen LogP contribution in [-0.2, 0) is 4.79 Å². The number of nitrogens with one attached hydrogen (secondary N) is 2. The normalized spacial score (nSPS) is 10.9. The molecule has 0 fully saturated rings. The second kappa shape index (κ2) is 5.38. The van der Waals surface area contributed by atoms with E-state index in [0.29, 0.717) is 11.4 Å². The maximum atomic E-state index is 13.7. The molecular weight excluding hydrogens is 353 g/mol. The zero-order valence-corrected chi connectivity index (χ0v) is 13.0. The van der Waals surface area contributed by atoms with Crippen molar-refractivity contribution in [2.45, 2.75) is 6.92 Å². The number of nitrogens with zero attached hydrogens (tertiary/aromatic N) is 2. The summed E-state index contributed by atoms with van der Waals surface area (Å²) >= 11 is 3.43. The molecule has 0 aliphatic rings. The monoisotopic (exact) mass is 363 g/mol. The van der Waals surface area contributed by atoms with Gasteiger partial charge in [0.15, 0.2) is 5.82 Å². The van der Waals surface area contributed by atoms with Crippen molar-refractivity contribution in [1.82, 2.24) is 15.2 Å². The highest BCUT2D eigenvalue weighted by Gasteiger charge is 2.11. The third kappa shape index (κ3) is 2.64. The fourth-order valence-electron chi connectivity index (χ4n) is 2.17. The molecule has 1 aromatic carbocycles. The molecule has 0 saturated carbocycles. The van der Waals surface area contributed by atoms with E-state index in [1.807, 2.05) is 6.07 Å². The largest absolute Gasteiger partial charge is 0.382 e. The molecule has 4 N–H and O–H groups in total. The molecule has 2 aromatic heterocycles. The number of carbonyl (C=O) groups is 1. The number of pyridine rings is 1. The number of H-pyrrole nitrogens is 1. The van der Waals surface area contributed by atoms with Crippen LogP contribution in [0.15, 0.2) is 28.7 Å². The molecular formula is C14H11BrFN5O. The molecule has 6 nitrogen and oxygen atoms in total. The summed E-state index contributed by atoms with van der Waals surface area (Å²) < 4.78 is 14.4. The first-order valence-corrected chi connectivity index (χ1v) is 7.12. The zero-order valence-electron chi connectivity index (χ0n) is 11.4. The number of carbonyl (C=O) groups excluding carboxylic acids is 1. The van der Waals surface area contributed by atoms with Crippen molar-refractivity contribution in [3.05, 3.63) is 34.7 Å². The number of amides is 1. The van der Waals surface area contributed by atoms with Gasteiger partial charge in [-0.3, -0.25) is 9.89 Å². The van der Waals surface area contributed by atoms with E-state index >= 15 is 0 Å². The third-order valence-electron chi connectivity index (χ3n) is 3.09. The average molecular weight is 364 g/mol.